The van der Waals surface area contributed by atoms with Crippen LogP contribution in [-0.4, -0.2) is 30.8 Å². The summed E-state index contributed by atoms with van der Waals surface area (Å²) < 4.78 is 16.9. The van der Waals surface area contributed by atoms with Crippen LogP contribution >= 0.6 is 0 Å². The number of rotatable bonds is 2. The standard InChI is InChI=1S/C18H26O5/c1-10-6-7-18-9-13(22-11(2)19)14(16(20)21-5)15(23-18)17(3,4)8-12(10)18/h10,12,15H,6-9H2,1-5H3/t10-,12+,15-,18+/m1/s1. The van der Waals surface area contributed by atoms with Crippen LogP contribution in [0.1, 0.15) is 53.4 Å². The van der Waals surface area contributed by atoms with Crippen molar-refractivity contribution in [2.45, 2.75) is 65.1 Å². The molecule has 3 rings (SSSR count). The molecule has 0 radical (unpaired) electrons. The van der Waals surface area contributed by atoms with E-state index < -0.39 is 11.9 Å². The fourth-order valence-electron chi connectivity index (χ4n) is 4.80. The third kappa shape index (κ3) is 2.49. The molecule has 23 heavy (non-hydrogen) atoms. The Morgan fingerprint density at radius 2 is 2.00 bits per heavy atom. The summed E-state index contributed by atoms with van der Waals surface area (Å²) in [5, 5.41) is 0. The van der Waals surface area contributed by atoms with E-state index in [0.717, 1.165) is 19.3 Å². The van der Waals surface area contributed by atoms with Crippen molar-refractivity contribution >= 4 is 11.9 Å². The van der Waals surface area contributed by atoms with Gasteiger partial charge in [-0.1, -0.05) is 20.8 Å². The van der Waals surface area contributed by atoms with Gasteiger partial charge in [-0.2, -0.15) is 0 Å². The van der Waals surface area contributed by atoms with Gasteiger partial charge in [-0.05, 0) is 36.5 Å². The van der Waals surface area contributed by atoms with Crippen LogP contribution in [0.15, 0.2) is 11.3 Å². The van der Waals surface area contributed by atoms with Crippen LogP contribution in [-0.2, 0) is 23.8 Å². The second kappa shape index (κ2) is 5.33. The molecular weight excluding hydrogens is 296 g/mol. The summed E-state index contributed by atoms with van der Waals surface area (Å²) in [7, 11) is 1.35. The first-order chi connectivity index (χ1) is 10.7. The zero-order chi connectivity index (χ0) is 17.0. The number of esters is 2. The van der Waals surface area contributed by atoms with Crippen LogP contribution in [0.25, 0.3) is 0 Å². The smallest absolute Gasteiger partial charge is 0.339 e. The molecule has 128 valence electrons. The average molecular weight is 322 g/mol. The van der Waals surface area contributed by atoms with Gasteiger partial charge in [0.15, 0.2) is 0 Å². The Bertz CT molecular complexity index is 576. The van der Waals surface area contributed by atoms with Gasteiger partial charge in [0.1, 0.15) is 11.3 Å². The van der Waals surface area contributed by atoms with Gasteiger partial charge in [-0.3, -0.25) is 4.79 Å². The summed E-state index contributed by atoms with van der Waals surface area (Å²) in [4.78, 5) is 23.9. The molecule has 5 heteroatoms. The molecule has 1 saturated carbocycles. The largest absolute Gasteiger partial charge is 0.465 e. The predicted molar refractivity (Wildman–Crippen MR) is 83.3 cm³/mol. The molecule has 0 N–H and O–H groups in total. The van der Waals surface area contributed by atoms with Gasteiger partial charge in [0.2, 0.25) is 0 Å². The zero-order valence-corrected chi connectivity index (χ0v) is 14.6. The molecule has 0 aromatic carbocycles. The van der Waals surface area contributed by atoms with E-state index in [0.29, 0.717) is 29.6 Å². The normalized spacial score (nSPS) is 38.0. The summed E-state index contributed by atoms with van der Waals surface area (Å²) in [5.41, 5.74) is -0.124. The van der Waals surface area contributed by atoms with Gasteiger partial charge in [0, 0.05) is 13.3 Å². The molecular formula is C18H26O5. The van der Waals surface area contributed by atoms with Crippen molar-refractivity contribution in [1.29, 1.82) is 0 Å². The van der Waals surface area contributed by atoms with Crippen molar-refractivity contribution in [3.63, 3.8) is 0 Å². The van der Waals surface area contributed by atoms with E-state index in [9.17, 15) is 9.59 Å². The van der Waals surface area contributed by atoms with E-state index >= 15 is 0 Å². The fourth-order valence-corrected chi connectivity index (χ4v) is 4.80. The van der Waals surface area contributed by atoms with Crippen LogP contribution in [0.5, 0.6) is 0 Å². The van der Waals surface area contributed by atoms with Gasteiger partial charge in [0.25, 0.3) is 0 Å². The highest BCUT2D eigenvalue weighted by atomic mass is 16.6. The Hall–Kier alpha value is -1.36. The lowest BCUT2D eigenvalue weighted by atomic mass is 9.63. The number of hydrogen-bond acceptors (Lipinski definition) is 5. The van der Waals surface area contributed by atoms with Gasteiger partial charge in [0.05, 0.1) is 18.8 Å². The minimum absolute atomic E-state index is 0.206. The van der Waals surface area contributed by atoms with Crippen molar-refractivity contribution < 1.29 is 23.8 Å². The van der Waals surface area contributed by atoms with E-state index in [-0.39, 0.29) is 17.1 Å². The van der Waals surface area contributed by atoms with Gasteiger partial charge in [-0.25, -0.2) is 4.79 Å². The van der Waals surface area contributed by atoms with Gasteiger partial charge in [-0.15, -0.1) is 0 Å². The highest BCUT2D eigenvalue weighted by Gasteiger charge is 2.61. The first-order valence-electron chi connectivity index (χ1n) is 8.38. The Kier molecular flexibility index (Phi) is 3.82. The lowest BCUT2D eigenvalue weighted by molar-refractivity contribution is -0.208. The molecule has 2 fully saturated rings. The molecule has 0 unspecified atom stereocenters. The highest BCUT2D eigenvalue weighted by Crippen LogP contribution is 2.60. The summed E-state index contributed by atoms with van der Waals surface area (Å²) in [6.45, 7) is 7.87. The first kappa shape index (κ1) is 16.5. The van der Waals surface area contributed by atoms with Crippen molar-refractivity contribution in [2.75, 3.05) is 7.11 Å². The number of methoxy groups -OCH3 is 1. The molecule has 1 saturated heterocycles. The van der Waals surface area contributed by atoms with Crippen LogP contribution in [0.3, 0.4) is 0 Å². The van der Waals surface area contributed by atoms with Crippen LogP contribution in [0.2, 0.25) is 0 Å². The Balaban J connectivity index is 2.11. The van der Waals surface area contributed by atoms with E-state index in [1.165, 1.54) is 14.0 Å². The summed E-state index contributed by atoms with van der Waals surface area (Å²) in [5.74, 6) is 0.594. The molecule has 5 nitrogen and oxygen atoms in total. The fraction of sp³-hybridized carbons (Fsp3) is 0.778. The van der Waals surface area contributed by atoms with Crippen molar-refractivity contribution in [2.24, 2.45) is 17.3 Å². The van der Waals surface area contributed by atoms with E-state index in [4.69, 9.17) is 14.2 Å². The van der Waals surface area contributed by atoms with Crippen molar-refractivity contribution in [1.82, 2.24) is 0 Å². The van der Waals surface area contributed by atoms with Gasteiger partial charge < -0.3 is 14.2 Å². The minimum Gasteiger partial charge on any atom is -0.465 e. The zero-order valence-electron chi connectivity index (χ0n) is 14.6. The number of fused-ring (bicyclic) bond motifs is 1. The second-order valence-electron chi connectivity index (χ2n) is 7.98. The molecule has 0 aromatic heterocycles. The van der Waals surface area contributed by atoms with E-state index in [1.54, 1.807) is 0 Å². The quantitative estimate of drug-likeness (QED) is 0.731. The number of carbonyl (C=O) groups excluding carboxylic acids is 2. The number of carbonyl (C=O) groups is 2. The number of ether oxygens (including phenoxy) is 3. The molecule has 2 aliphatic heterocycles. The number of hydrogen-bond donors (Lipinski definition) is 0. The first-order valence-corrected chi connectivity index (χ1v) is 8.38. The topological polar surface area (TPSA) is 61.8 Å². The van der Waals surface area contributed by atoms with Gasteiger partial charge >= 0.3 is 11.9 Å². The Morgan fingerprint density at radius 1 is 1.30 bits per heavy atom. The van der Waals surface area contributed by atoms with Crippen molar-refractivity contribution in [3.05, 3.63) is 11.3 Å². The lowest BCUT2D eigenvalue weighted by Gasteiger charge is -2.55. The van der Waals surface area contributed by atoms with Crippen LogP contribution in [0.4, 0.5) is 0 Å². The molecule has 0 amide bonds. The Labute approximate surface area is 137 Å². The summed E-state index contributed by atoms with van der Waals surface area (Å²) in [6, 6.07) is 0. The maximum absolute atomic E-state index is 12.3. The average Bonchev–Trinajstić information content (AvgIpc) is 2.74. The van der Waals surface area contributed by atoms with E-state index in [1.807, 2.05) is 0 Å². The molecule has 0 aromatic rings. The maximum atomic E-state index is 12.3. The van der Waals surface area contributed by atoms with Crippen molar-refractivity contribution in [3.8, 4) is 0 Å². The minimum atomic E-state index is -0.460. The molecule has 3 aliphatic rings. The third-order valence-electron chi connectivity index (χ3n) is 5.89. The lowest BCUT2D eigenvalue weighted by Crippen LogP contribution is -2.57. The maximum Gasteiger partial charge on any atom is 0.339 e. The monoisotopic (exact) mass is 322 g/mol. The molecule has 2 heterocycles. The SMILES string of the molecule is COC(=O)C1=C(OC(C)=O)C[C@@]23CC[C@@H](C)[C@@H]2CC(C)(C)[C@@H]1O3. The Morgan fingerprint density at radius 3 is 2.61 bits per heavy atom. The second-order valence-corrected chi connectivity index (χ2v) is 7.98. The van der Waals surface area contributed by atoms with Crippen LogP contribution in [0, 0.1) is 17.3 Å². The van der Waals surface area contributed by atoms with Crippen LogP contribution < -0.4 is 0 Å². The predicted octanol–water partition coefficient (Wildman–Crippen LogP) is 2.98. The molecule has 1 aliphatic carbocycles. The molecule has 1 spiro atoms. The molecule has 2 bridgehead atoms. The van der Waals surface area contributed by atoms with E-state index in [2.05, 4.69) is 20.8 Å². The third-order valence-corrected chi connectivity index (χ3v) is 5.89. The summed E-state index contributed by atoms with van der Waals surface area (Å²) in [6.07, 6.45) is 3.16. The highest BCUT2D eigenvalue weighted by molar-refractivity contribution is 5.91. The molecule has 4 atom stereocenters. The summed E-state index contributed by atoms with van der Waals surface area (Å²) >= 11 is 0.